The van der Waals surface area contributed by atoms with Crippen LogP contribution in [0.4, 0.5) is 5.00 Å². The molecule has 1 N–H and O–H groups in total. The van der Waals surface area contributed by atoms with E-state index in [2.05, 4.69) is 16.9 Å². The van der Waals surface area contributed by atoms with Crippen molar-refractivity contribution in [1.82, 2.24) is 9.55 Å². The molecule has 0 atom stereocenters. The number of carbonyl (C=O) groups is 3. The topological polar surface area (TPSA) is 99.5 Å². The zero-order valence-corrected chi connectivity index (χ0v) is 15.3. The first-order valence-electron chi connectivity index (χ1n) is 7.82. The van der Waals surface area contributed by atoms with Gasteiger partial charge in [0.25, 0.3) is 0 Å². The molecule has 0 spiro atoms. The van der Waals surface area contributed by atoms with Crippen LogP contribution >= 0.6 is 11.3 Å². The summed E-state index contributed by atoms with van der Waals surface area (Å²) < 4.78 is 11.7. The minimum absolute atomic E-state index is 0.0233. The van der Waals surface area contributed by atoms with Crippen LogP contribution in [0.3, 0.4) is 0 Å². The van der Waals surface area contributed by atoms with Gasteiger partial charge in [-0.05, 0) is 19.4 Å². The number of hydrogen-bond acceptors (Lipinski definition) is 7. The highest BCUT2D eigenvalue weighted by Gasteiger charge is 2.27. The molecule has 2 aromatic heterocycles. The van der Waals surface area contributed by atoms with E-state index in [9.17, 15) is 14.4 Å². The summed E-state index contributed by atoms with van der Waals surface area (Å²) in [7, 11) is 0. The summed E-state index contributed by atoms with van der Waals surface area (Å²) in [5.41, 5.74) is 0.557. The molecule has 2 rings (SSSR count). The van der Waals surface area contributed by atoms with Gasteiger partial charge in [-0.25, -0.2) is 14.6 Å². The molecule has 0 radical (unpaired) electrons. The van der Waals surface area contributed by atoms with Gasteiger partial charge in [0, 0.05) is 12.4 Å². The Morgan fingerprint density at radius 1 is 1.35 bits per heavy atom. The first kappa shape index (κ1) is 19.4. The van der Waals surface area contributed by atoms with Gasteiger partial charge >= 0.3 is 11.9 Å². The molecule has 0 aliphatic rings. The van der Waals surface area contributed by atoms with Crippen LogP contribution in [0.5, 0.6) is 0 Å². The number of rotatable bonds is 8. The first-order valence-corrected chi connectivity index (χ1v) is 8.63. The van der Waals surface area contributed by atoms with E-state index < -0.39 is 11.9 Å². The molecule has 8 nitrogen and oxygen atoms in total. The number of hydrogen-bond donors (Lipinski definition) is 1. The molecule has 0 aliphatic heterocycles. The van der Waals surface area contributed by atoms with Crippen molar-refractivity contribution in [1.29, 1.82) is 0 Å². The van der Waals surface area contributed by atoms with Crippen molar-refractivity contribution in [2.45, 2.75) is 20.4 Å². The Kier molecular flexibility index (Phi) is 6.67. The molecule has 1 amide bonds. The smallest absolute Gasteiger partial charge is 0.348 e. The molecule has 0 aliphatic carbocycles. The molecule has 9 heteroatoms. The molecule has 2 heterocycles. The van der Waals surface area contributed by atoms with Crippen molar-refractivity contribution in [3.05, 3.63) is 47.4 Å². The predicted molar refractivity (Wildman–Crippen MR) is 96.3 cm³/mol. The van der Waals surface area contributed by atoms with E-state index in [0.29, 0.717) is 5.56 Å². The average molecular weight is 377 g/mol. The number of carbonyl (C=O) groups excluding carboxylic acids is 3. The second kappa shape index (κ2) is 8.95. The van der Waals surface area contributed by atoms with Crippen molar-refractivity contribution in [2.75, 3.05) is 18.5 Å². The maximum Gasteiger partial charge on any atom is 0.348 e. The Morgan fingerprint density at radius 2 is 2.12 bits per heavy atom. The molecule has 0 unspecified atom stereocenters. The maximum absolute atomic E-state index is 12.3. The SMILES string of the molecule is C=CCOC(=O)c1sc(NC(=O)Cn2ccnc2)c(C(=O)OCC)c1C. The first-order chi connectivity index (χ1) is 12.5. The minimum atomic E-state index is -0.609. The zero-order chi connectivity index (χ0) is 19.1. The van der Waals surface area contributed by atoms with E-state index >= 15 is 0 Å². The summed E-state index contributed by atoms with van der Waals surface area (Å²) in [4.78, 5) is 40.8. The largest absolute Gasteiger partial charge is 0.462 e. The monoisotopic (exact) mass is 377 g/mol. The van der Waals surface area contributed by atoms with Gasteiger partial charge in [-0.3, -0.25) is 4.79 Å². The number of anilines is 1. The van der Waals surface area contributed by atoms with Crippen LogP contribution in [0.15, 0.2) is 31.4 Å². The lowest BCUT2D eigenvalue weighted by Crippen LogP contribution is -2.19. The van der Waals surface area contributed by atoms with Gasteiger partial charge in [0.15, 0.2) is 0 Å². The summed E-state index contributed by atoms with van der Waals surface area (Å²) in [5.74, 6) is -1.56. The standard InChI is InChI=1S/C17H19N3O5S/c1-4-8-25-17(23)14-11(3)13(16(22)24-5-2)15(26-14)19-12(21)9-20-7-6-18-10-20/h4,6-7,10H,1,5,8-9H2,2-3H3,(H,19,21). The van der Waals surface area contributed by atoms with Crippen molar-refractivity contribution in [3.63, 3.8) is 0 Å². The third-order valence-corrected chi connectivity index (χ3v) is 4.47. The van der Waals surface area contributed by atoms with Crippen LogP contribution < -0.4 is 5.32 Å². The van der Waals surface area contributed by atoms with Gasteiger partial charge in [-0.15, -0.1) is 11.3 Å². The molecule has 0 aromatic carbocycles. The number of imidazole rings is 1. The lowest BCUT2D eigenvalue weighted by molar-refractivity contribution is -0.116. The summed E-state index contributed by atoms with van der Waals surface area (Å²) in [5, 5.41) is 2.91. The fraction of sp³-hybridized carbons (Fsp3) is 0.294. The highest BCUT2D eigenvalue weighted by Crippen LogP contribution is 2.34. The van der Waals surface area contributed by atoms with Crippen LogP contribution in [-0.2, 0) is 20.8 Å². The van der Waals surface area contributed by atoms with Gasteiger partial charge in [-0.2, -0.15) is 0 Å². The van der Waals surface area contributed by atoms with Gasteiger partial charge in [-0.1, -0.05) is 12.7 Å². The highest BCUT2D eigenvalue weighted by molar-refractivity contribution is 7.18. The van der Waals surface area contributed by atoms with Crippen LogP contribution in [0.2, 0.25) is 0 Å². The van der Waals surface area contributed by atoms with Crippen LogP contribution in [0.25, 0.3) is 0 Å². The molecule has 0 fully saturated rings. The number of nitrogens with zero attached hydrogens (tertiary/aromatic N) is 2. The van der Waals surface area contributed by atoms with E-state index in [-0.39, 0.29) is 41.1 Å². The van der Waals surface area contributed by atoms with Crippen molar-refractivity contribution in [3.8, 4) is 0 Å². The third kappa shape index (κ3) is 4.57. The van der Waals surface area contributed by atoms with Crippen LogP contribution in [0, 0.1) is 6.92 Å². The van der Waals surface area contributed by atoms with E-state index in [1.165, 1.54) is 12.4 Å². The fourth-order valence-corrected chi connectivity index (χ4v) is 3.26. The van der Waals surface area contributed by atoms with E-state index in [1.54, 1.807) is 30.8 Å². The Hall–Kier alpha value is -2.94. The molecule has 0 bridgehead atoms. The van der Waals surface area contributed by atoms with Crippen molar-refractivity contribution >= 4 is 34.2 Å². The van der Waals surface area contributed by atoms with Crippen molar-refractivity contribution in [2.24, 2.45) is 0 Å². The predicted octanol–water partition coefficient (Wildman–Crippen LogP) is 2.41. The van der Waals surface area contributed by atoms with Gasteiger partial charge in [0.2, 0.25) is 5.91 Å². The number of aromatic nitrogens is 2. The second-order valence-electron chi connectivity index (χ2n) is 5.15. The number of thiophene rings is 1. The quantitative estimate of drug-likeness (QED) is 0.560. The molecule has 0 saturated carbocycles. The molecule has 26 heavy (non-hydrogen) atoms. The number of amides is 1. The zero-order valence-electron chi connectivity index (χ0n) is 14.5. The summed E-state index contributed by atoms with van der Waals surface area (Å²) >= 11 is 0.973. The van der Waals surface area contributed by atoms with Gasteiger partial charge < -0.3 is 19.4 Å². The Bertz CT molecular complexity index is 811. The minimum Gasteiger partial charge on any atom is -0.462 e. The lowest BCUT2D eigenvalue weighted by Gasteiger charge is -2.07. The number of nitrogens with one attached hydrogen (secondary N) is 1. The molecular weight excluding hydrogens is 358 g/mol. The van der Waals surface area contributed by atoms with Crippen LogP contribution in [0.1, 0.15) is 32.5 Å². The fourth-order valence-electron chi connectivity index (χ4n) is 2.16. The third-order valence-electron chi connectivity index (χ3n) is 3.28. The summed E-state index contributed by atoms with van der Waals surface area (Å²) in [6.07, 6.45) is 6.15. The molecule has 138 valence electrons. The number of esters is 2. The van der Waals surface area contributed by atoms with Crippen LogP contribution in [-0.4, -0.2) is 40.6 Å². The Labute approximate surface area is 154 Å². The number of ether oxygens (including phenoxy) is 2. The molecule has 0 saturated heterocycles. The van der Waals surface area contributed by atoms with Gasteiger partial charge in [0.05, 0.1) is 18.5 Å². The van der Waals surface area contributed by atoms with E-state index in [0.717, 1.165) is 11.3 Å². The van der Waals surface area contributed by atoms with E-state index in [4.69, 9.17) is 9.47 Å². The summed E-state index contributed by atoms with van der Waals surface area (Å²) in [6, 6.07) is 0. The average Bonchev–Trinajstić information content (AvgIpc) is 3.20. The van der Waals surface area contributed by atoms with Gasteiger partial charge in [0.1, 0.15) is 23.0 Å². The van der Waals surface area contributed by atoms with Crippen molar-refractivity contribution < 1.29 is 23.9 Å². The highest BCUT2D eigenvalue weighted by atomic mass is 32.1. The second-order valence-corrected chi connectivity index (χ2v) is 6.17. The molecule has 2 aromatic rings. The lowest BCUT2D eigenvalue weighted by atomic mass is 10.1. The Balaban J connectivity index is 2.29. The summed E-state index contributed by atoms with van der Waals surface area (Å²) in [6.45, 7) is 7.02. The molecular formula is C17H19N3O5S. The maximum atomic E-state index is 12.3. The Morgan fingerprint density at radius 3 is 2.73 bits per heavy atom. The normalized spacial score (nSPS) is 10.2. The van der Waals surface area contributed by atoms with E-state index in [1.807, 2.05) is 0 Å².